The standard InChI is InChI=1S/C23H18N4O2/c28-21-12-6-4-10-17(21)15-24-27-23-25-19(16-8-2-1-3-9-16)14-20(26-23)18-11-5-7-13-22(18)29/h1-15,28-29H,(H,25,26,27)/b24-15-. The molecule has 29 heavy (non-hydrogen) atoms. The van der Waals surface area contributed by atoms with Gasteiger partial charge in [0.2, 0.25) is 5.95 Å². The van der Waals surface area contributed by atoms with Crippen LogP contribution in [0.3, 0.4) is 0 Å². The second-order valence-corrected chi connectivity index (χ2v) is 6.27. The molecule has 0 aliphatic carbocycles. The Morgan fingerprint density at radius 1 is 0.724 bits per heavy atom. The Balaban J connectivity index is 1.72. The zero-order valence-electron chi connectivity index (χ0n) is 15.4. The fraction of sp³-hybridized carbons (Fsp3) is 0. The zero-order valence-corrected chi connectivity index (χ0v) is 15.4. The summed E-state index contributed by atoms with van der Waals surface area (Å²) in [5.41, 5.74) is 6.16. The first-order valence-electron chi connectivity index (χ1n) is 9.00. The van der Waals surface area contributed by atoms with Gasteiger partial charge in [0.1, 0.15) is 11.5 Å². The van der Waals surface area contributed by atoms with E-state index in [1.165, 1.54) is 6.21 Å². The lowest BCUT2D eigenvalue weighted by atomic mass is 10.1. The van der Waals surface area contributed by atoms with Crippen LogP contribution in [0.5, 0.6) is 11.5 Å². The maximum atomic E-state index is 10.2. The Morgan fingerprint density at radius 3 is 2.14 bits per heavy atom. The molecule has 0 amide bonds. The molecule has 0 aliphatic heterocycles. The predicted molar refractivity (Wildman–Crippen MR) is 114 cm³/mol. The van der Waals surface area contributed by atoms with Crippen LogP contribution < -0.4 is 5.43 Å². The van der Waals surface area contributed by atoms with E-state index in [1.807, 2.05) is 48.5 Å². The highest BCUT2D eigenvalue weighted by atomic mass is 16.3. The number of para-hydroxylation sites is 2. The van der Waals surface area contributed by atoms with Crippen molar-refractivity contribution in [2.45, 2.75) is 0 Å². The van der Waals surface area contributed by atoms with Gasteiger partial charge in [0.05, 0.1) is 17.6 Å². The molecule has 0 atom stereocenters. The van der Waals surface area contributed by atoms with E-state index in [9.17, 15) is 10.2 Å². The quantitative estimate of drug-likeness (QED) is 0.345. The van der Waals surface area contributed by atoms with Gasteiger partial charge in [0.25, 0.3) is 0 Å². The highest BCUT2D eigenvalue weighted by Gasteiger charge is 2.11. The second-order valence-electron chi connectivity index (χ2n) is 6.27. The number of aromatic hydroxyl groups is 2. The Kier molecular flexibility index (Phi) is 5.16. The number of hydrogen-bond donors (Lipinski definition) is 3. The molecule has 4 aromatic rings. The van der Waals surface area contributed by atoms with Crippen molar-refractivity contribution in [3.8, 4) is 34.0 Å². The minimum absolute atomic E-state index is 0.131. The summed E-state index contributed by atoms with van der Waals surface area (Å²) in [5.74, 6) is 0.539. The number of nitrogens with one attached hydrogen (secondary N) is 1. The van der Waals surface area contributed by atoms with E-state index in [1.54, 1.807) is 36.4 Å². The molecule has 0 unspecified atom stereocenters. The van der Waals surface area contributed by atoms with Gasteiger partial charge in [-0.1, -0.05) is 54.6 Å². The van der Waals surface area contributed by atoms with Gasteiger partial charge in [-0.3, -0.25) is 0 Å². The van der Waals surface area contributed by atoms with Gasteiger partial charge in [-0.05, 0) is 30.3 Å². The highest BCUT2D eigenvalue weighted by molar-refractivity contribution is 5.83. The Bertz CT molecular complexity index is 1160. The molecular formula is C23H18N4O2. The molecule has 3 aromatic carbocycles. The van der Waals surface area contributed by atoms with Gasteiger partial charge >= 0.3 is 0 Å². The lowest BCUT2D eigenvalue weighted by Crippen LogP contribution is -2.00. The third-order valence-corrected chi connectivity index (χ3v) is 4.28. The van der Waals surface area contributed by atoms with Gasteiger partial charge in [0.15, 0.2) is 0 Å². The topological polar surface area (TPSA) is 90.6 Å². The van der Waals surface area contributed by atoms with Crippen molar-refractivity contribution in [2.24, 2.45) is 5.10 Å². The Hall–Kier alpha value is -4.19. The summed E-state index contributed by atoms with van der Waals surface area (Å²) in [6.07, 6.45) is 1.49. The first-order valence-corrected chi connectivity index (χ1v) is 9.00. The van der Waals surface area contributed by atoms with Gasteiger partial charge in [-0.25, -0.2) is 15.4 Å². The average molecular weight is 382 g/mol. The summed E-state index contributed by atoms with van der Waals surface area (Å²) >= 11 is 0. The molecule has 142 valence electrons. The van der Waals surface area contributed by atoms with Crippen LogP contribution in [-0.4, -0.2) is 26.4 Å². The van der Waals surface area contributed by atoms with Crippen LogP contribution in [0, 0.1) is 0 Å². The summed E-state index contributed by atoms with van der Waals surface area (Å²) in [6, 6.07) is 25.4. The molecular weight excluding hydrogens is 364 g/mol. The summed E-state index contributed by atoms with van der Waals surface area (Å²) < 4.78 is 0. The number of nitrogens with zero attached hydrogens (tertiary/aromatic N) is 3. The summed E-state index contributed by atoms with van der Waals surface area (Å²) in [7, 11) is 0. The number of benzene rings is 3. The van der Waals surface area contributed by atoms with Crippen molar-refractivity contribution in [1.82, 2.24) is 9.97 Å². The smallest absolute Gasteiger partial charge is 0.244 e. The fourth-order valence-electron chi connectivity index (χ4n) is 2.84. The lowest BCUT2D eigenvalue weighted by Gasteiger charge is -2.09. The molecule has 0 fully saturated rings. The summed E-state index contributed by atoms with van der Waals surface area (Å²) in [5, 5.41) is 24.2. The van der Waals surface area contributed by atoms with E-state index in [2.05, 4.69) is 20.5 Å². The van der Waals surface area contributed by atoms with Crippen molar-refractivity contribution in [3.63, 3.8) is 0 Å². The molecule has 6 nitrogen and oxygen atoms in total. The van der Waals surface area contributed by atoms with Crippen LogP contribution >= 0.6 is 0 Å². The van der Waals surface area contributed by atoms with Crippen LogP contribution in [-0.2, 0) is 0 Å². The summed E-state index contributed by atoms with van der Waals surface area (Å²) in [6.45, 7) is 0. The lowest BCUT2D eigenvalue weighted by molar-refractivity contribution is 0.474. The molecule has 0 radical (unpaired) electrons. The molecule has 0 spiro atoms. The number of hydrazone groups is 1. The van der Waals surface area contributed by atoms with E-state index in [4.69, 9.17) is 0 Å². The maximum Gasteiger partial charge on any atom is 0.244 e. The maximum absolute atomic E-state index is 10.2. The normalized spacial score (nSPS) is 10.9. The number of rotatable bonds is 5. The monoisotopic (exact) mass is 382 g/mol. The fourth-order valence-corrected chi connectivity index (χ4v) is 2.84. The molecule has 0 saturated carbocycles. The number of phenolic OH excluding ortho intramolecular Hbond substituents is 2. The first kappa shape index (κ1) is 18.2. The Labute approximate surface area is 167 Å². The third-order valence-electron chi connectivity index (χ3n) is 4.28. The van der Waals surface area contributed by atoms with Crippen LogP contribution in [0.15, 0.2) is 90.0 Å². The molecule has 0 saturated heterocycles. The van der Waals surface area contributed by atoms with E-state index >= 15 is 0 Å². The third kappa shape index (κ3) is 4.22. The minimum Gasteiger partial charge on any atom is -0.507 e. The highest BCUT2D eigenvalue weighted by Crippen LogP contribution is 2.30. The van der Waals surface area contributed by atoms with Crippen LogP contribution in [0.2, 0.25) is 0 Å². The van der Waals surface area contributed by atoms with E-state index < -0.39 is 0 Å². The molecule has 6 heteroatoms. The van der Waals surface area contributed by atoms with Crippen LogP contribution in [0.4, 0.5) is 5.95 Å². The minimum atomic E-state index is 0.131. The first-order chi connectivity index (χ1) is 14.2. The second kappa shape index (κ2) is 8.22. The molecule has 1 heterocycles. The van der Waals surface area contributed by atoms with Crippen molar-refractivity contribution < 1.29 is 10.2 Å². The number of hydrogen-bond acceptors (Lipinski definition) is 6. The zero-order chi connectivity index (χ0) is 20.1. The number of anilines is 1. The molecule has 4 rings (SSSR count). The average Bonchev–Trinajstić information content (AvgIpc) is 2.76. The Morgan fingerprint density at radius 2 is 1.38 bits per heavy atom. The van der Waals surface area contributed by atoms with Gasteiger partial charge in [0, 0.05) is 16.7 Å². The van der Waals surface area contributed by atoms with Gasteiger partial charge in [-0.15, -0.1) is 0 Å². The van der Waals surface area contributed by atoms with Gasteiger partial charge < -0.3 is 10.2 Å². The van der Waals surface area contributed by atoms with Crippen LogP contribution in [0.1, 0.15) is 5.56 Å². The van der Waals surface area contributed by atoms with Crippen molar-refractivity contribution in [2.75, 3.05) is 5.43 Å². The van der Waals surface area contributed by atoms with Crippen molar-refractivity contribution in [1.29, 1.82) is 0 Å². The largest absolute Gasteiger partial charge is 0.507 e. The predicted octanol–water partition coefficient (Wildman–Crippen LogP) is 4.67. The van der Waals surface area contributed by atoms with Crippen molar-refractivity contribution >= 4 is 12.2 Å². The summed E-state index contributed by atoms with van der Waals surface area (Å²) in [4.78, 5) is 9.02. The van der Waals surface area contributed by atoms with E-state index in [0.29, 0.717) is 22.5 Å². The molecule has 3 N–H and O–H groups in total. The van der Waals surface area contributed by atoms with E-state index in [0.717, 1.165) is 5.56 Å². The van der Waals surface area contributed by atoms with E-state index in [-0.39, 0.29) is 17.4 Å². The molecule has 1 aromatic heterocycles. The number of aromatic nitrogens is 2. The van der Waals surface area contributed by atoms with Crippen LogP contribution in [0.25, 0.3) is 22.5 Å². The SMILES string of the molecule is Oc1ccccc1/C=N\Nc1nc(-c2ccccc2)cc(-c2ccccc2O)n1. The molecule has 0 bridgehead atoms. The number of phenols is 2. The molecule has 0 aliphatic rings. The van der Waals surface area contributed by atoms with Crippen molar-refractivity contribution in [3.05, 3.63) is 90.5 Å². The van der Waals surface area contributed by atoms with Gasteiger partial charge in [-0.2, -0.15) is 5.10 Å².